The highest BCUT2D eigenvalue weighted by Gasteiger charge is 2.36. The molecule has 0 aromatic heterocycles. The van der Waals surface area contributed by atoms with Crippen molar-refractivity contribution < 1.29 is 9.90 Å². The van der Waals surface area contributed by atoms with Gasteiger partial charge in [0.05, 0.1) is 16.8 Å². The van der Waals surface area contributed by atoms with Crippen molar-refractivity contribution in [1.82, 2.24) is 4.90 Å². The Kier molecular flexibility index (Phi) is 4.67. The molecule has 0 spiro atoms. The molecule has 1 atom stereocenters. The van der Waals surface area contributed by atoms with Gasteiger partial charge in [0.25, 0.3) is 0 Å². The molecule has 1 unspecified atom stereocenters. The fourth-order valence-corrected chi connectivity index (χ4v) is 3.14. The van der Waals surface area contributed by atoms with Crippen molar-refractivity contribution in [1.29, 1.82) is 0 Å². The van der Waals surface area contributed by atoms with Crippen LogP contribution in [0.3, 0.4) is 0 Å². The monoisotopic (exact) mass is 310 g/mol. The van der Waals surface area contributed by atoms with Gasteiger partial charge in [-0.1, -0.05) is 44.5 Å². The molecule has 4 nitrogen and oxygen atoms in total. The third kappa shape index (κ3) is 3.62. The molecule has 1 aromatic rings. The predicted octanol–water partition coefficient (Wildman–Crippen LogP) is 3.94. The van der Waals surface area contributed by atoms with Gasteiger partial charge in [-0.2, -0.15) is 0 Å². The molecule has 1 fully saturated rings. The van der Waals surface area contributed by atoms with Crippen molar-refractivity contribution in [2.45, 2.75) is 33.2 Å². The van der Waals surface area contributed by atoms with E-state index < -0.39 is 6.09 Å². The summed E-state index contributed by atoms with van der Waals surface area (Å²) < 4.78 is 0. The molecule has 0 saturated carbocycles. The largest absolute Gasteiger partial charge is 0.465 e. The molecule has 1 N–H and O–H groups in total. The summed E-state index contributed by atoms with van der Waals surface area (Å²) in [5, 5.41) is 10.2. The smallest absolute Gasteiger partial charge is 0.407 e. The highest BCUT2D eigenvalue weighted by Crippen LogP contribution is 2.32. The molecule has 2 rings (SSSR count). The Bertz CT molecular complexity index is 513. The van der Waals surface area contributed by atoms with E-state index in [1.807, 2.05) is 24.3 Å². The third-order valence-corrected chi connectivity index (χ3v) is 4.35. The summed E-state index contributed by atoms with van der Waals surface area (Å²) in [5.74, 6) is 0. The SMILES string of the molecule is CC(C)(C)C1CN(c2ccccc2Cl)CCCN1C(=O)O. The molecule has 0 bridgehead atoms. The number of carbonyl (C=O) groups is 1. The van der Waals surface area contributed by atoms with Crippen LogP contribution in [0.2, 0.25) is 5.02 Å². The normalized spacial score (nSPS) is 20.3. The van der Waals surface area contributed by atoms with Gasteiger partial charge in [-0.3, -0.25) is 0 Å². The minimum Gasteiger partial charge on any atom is -0.465 e. The Labute approximate surface area is 131 Å². The van der Waals surface area contributed by atoms with Crippen LogP contribution in [0.4, 0.5) is 10.5 Å². The van der Waals surface area contributed by atoms with Gasteiger partial charge in [-0.05, 0) is 24.0 Å². The van der Waals surface area contributed by atoms with E-state index in [2.05, 4.69) is 25.7 Å². The minimum absolute atomic E-state index is 0.0613. The van der Waals surface area contributed by atoms with Gasteiger partial charge in [-0.25, -0.2) is 4.79 Å². The maximum absolute atomic E-state index is 11.6. The lowest BCUT2D eigenvalue weighted by Gasteiger charge is -2.39. The zero-order chi connectivity index (χ0) is 15.6. The van der Waals surface area contributed by atoms with Crippen LogP contribution in [0.15, 0.2) is 24.3 Å². The lowest BCUT2D eigenvalue weighted by Crippen LogP contribution is -2.51. The first-order valence-corrected chi connectivity index (χ1v) is 7.67. The fraction of sp³-hybridized carbons (Fsp3) is 0.562. The average Bonchev–Trinajstić information content (AvgIpc) is 2.61. The number of anilines is 1. The second-order valence-electron chi connectivity index (χ2n) is 6.61. The van der Waals surface area contributed by atoms with E-state index in [1.54, 1.807) is 4.90 Å². The molecule has 1 heterocycles. The average molecular weight is 311 g/mol. The molecule has 1 amide bonds. The van der Waals surface area contributed by atoms with Gasteiger partial charge >= 0.3 is 6.09 Å². The summed E-state index contributed by atoms with van der Waals surface area (Å²) in [5.41, 5.74) is 0.864. The first-order chi connectivity index (χ1) is 9.80. The fourth-order valence-electron chi connectivity index (χ4n) is 2.88. The quantitative estimate of drug-likeness (QED) is 0.854. The number of amides is 1. The third-order valence-electron chi connectivity index (χ3n) is 4.04. The topological polar surface area (TPSA) is 43.8 Å². The van der Waals surface area contributed by atoms with Crippen molar-refractivity contribution >= 4 is 23.4 Å². The van der Waals surface area contributed by atoms with Gasteiger partial charge < -0.3 is 14.9 Å². The van der Waals surface area contributed by atoms with Crippen molar-refractivity contribution in [2.75, 3.05) is 24.5 Å². The number of hydrogen-bond donors (Lipinski definition) is 1. The summed E-state index contributed by atoms with van der Waals surface area (Å²) in [7, 11) is 0. The molecule has 0 radical (unpaired) electrons. The summed E-state index contributed by atoms with van der Waals surface area (Å²) in [6.45, 7) is 8.31. The molecule has 1 aliphatic rings. The summed E-state index contributed by atoms with van der Waals surface area (Å²) in [4.78, 5) is 15.3. The van der Waals surface area contributed by atoms with Crippen molar-refractivity contribution in [3.05, 3.63) is 29.3 Å². The van der Waals surface area contributed by atoms with Crippen LogP contribution >= 0.6 is 11.6 Å². The lowest BCUT2D eigenvalue weighted by molar-refractivity contribution is 0.0902. The molecule has 1 saturated heterocycles. The van der Waals surface area contributed by atoms with Crippen LogP contribution < -0.4 is 4.90 Å². The summed E-state index contributed by atoms with van der Waals surface area (Å²) in [6, 6.07) is 7.69. The summed E-state index contributed by atoms with van der Waals surface area (Å²) in [6.07, 6.45) is -0.0275. The Hall–Kier alpha value is -1.42. The predicted molar refractivity (Wildman–Crippen MR) is 86.3 cm³/mol. The molecule has 116 valence electrons. The van der Waals surface area contributed by atoms with Crippen LogP contribution in [0.25, 0.3) is 0 Å². The van der Waals surface area contributed by atoms with E-state index in [0.717, 1.165) is 18.7 Å². The lowest BCUT2D eigenvalue weighted by atomic mass is 9.85. The highest BCUT2D eigenvalue weighted by atomic mass is 35.5. The van der Waals surface area contributed by atoms with Crippen molar-refractivity contribution in [3.8, 4) is 0 Å². The van der Waals surface area contributed by atoms with E-state index >= 15 is 0 Å². The van der Waals surface area contributed by atoms with Gasteiger partial charge in [0, 0.05) is 19.6 Å². The zero-order valence-electron chi connectivity index (χ0n) is 12.8. The van der Waals surface area contributed by atoms with Gasteiger partial charge in [0.1, 0.15) is 0 Å². The Balaban J connectivity index is 2.32. The van der Waals surface area contributed by atoms with Crippen LogP contribution in [0.1, 0.15) is 27.2 Å². The summed E-state index contributed by atoms with van der Waals surface area (Å²) >= 11 is 6.30. The first-order valence-electron chi connectivity index (χ1n) is 7.30. The molecular weight excluding hydrogens is 288 g/mol. The van der Waals surface area contributed by atoms with E-state index in [4.69, 9.17) is 11.6 Å². The number of para-hydroxylation sites is 1. The number of rotatable bonds is 1. The second kappa shape index (κ2) is 6.14. The van der Waals surface area contributed by atoms with Gasteiger partial charge in [0.15, 0.2) is 0 Å². The van der Waals surface area contributed by atoms with Crippen molar-refractivity contribution in [2.24, 2.45) is 5.41 Å². The van der Waals surface area contributed by atoms with Gasteiger partial charge in [0.2, 0.25) is 0 Å². The molecule has 1 aliphatic heterocycles. The van der Waals surface area contributed by atoms with E-state index in [0.29, 0.717) is 18.1 Å². The maximum atomic E-state index is 11.6. The Morgan fingerprint density at radius 2 is 1.95 bits per heavy atom. The van der Waals surface area contributed by atoms with Crippen LogP contribution in [0.5, 0.6) is 0 Å². The molecule has 21 heavy (non-hydrogen) atoms. The molecule has 0 aliphatic carbocycles. The van der Waals surface area contributed by atoms with Crippen molar-refractivity contribution in [3.63, 3.8) is 0 Å². The number of hydrogen-bond acceptors (Lipinski definition) is 2. The molecule has 1 aromatic carbocycles. The number of nitrogens with zero attached hydrogens (tertiary/aromatic N) is 2. The molecule has 5 heteroatoms. The zero-order valence-corrected chi connectivity index (χ0v) is 13.6. The van der Waals surface area contributed by atoms with Crippen LogP contribution in [-0.4, -0.2) is 41.8 Å². The van der Waals surface area contributed by atoms with Gasteiger partial charge in [-0.15, -0.1) is 0 Å². The number of carboxylic acid groups (broad SMARTS) is 1. The van der Waals surface area contributed by atoms with E-state index in [9.17, 15) is 9.90 Å². The van der Waals surface area contributed by atoms with E-state index in [1.165, 1.54) is 0 Å². The van der Waals surface area contributed by atoms with E-state index in [-0.39, 0.29) is 11.5 Å². The Morgan fingerprint density at radius 1 is 1.29 bits per heavy atom. The number of halogens is 1. The minimum atomic E-state index is -0.837. The number of benzene rings is 1. The van der Waals surface area contributed by atoms with Crippen LogP contribution in [-0.2, 0) is 0 Å². The first kappa shape index (κ1) is 16.0. The molecular formula is C16H23ClN2O2. The Morgan fingerprint density at radius 3 is 2.52 bits per heavy atom. The standard InChI is InChI=1S/C16H23ClN2O2/c1-16(2,3)14-11-18(9-6-10-19(14)15(20)21)13-8-5-4-7-12(13)17/h4-5,7-8,14H,6,9-11H2,1-3H3,(H,20,21). The highest BCUT2D eigenvalue weighted by molar-refractivity contribution is 6.33. The second-order valence-corrected chi connectivity index (χ2v) is 7.02. The maximum Gasteiger partial charge on any atom is 0.407 e. The van der Waals surface area contributed by atoms with Crippen LogP contribution in [0, 0.1) is 5.41 Å².